The summed E-state index contributed by atoms with van der Waals surface area (Å²) in [6, 6.07) is 0.447. The predicted octanol–water partition coefficient (Wildman–Crippen LogP) is -0.0987. The van der Waals surface area contributed by atoms with Gasteiger partial charge in [0.05, 0.1) is 0 Å². The normalized spacial score (nSPS) is 21.6. The van der Waals surface area contributed by atoms with Gasteiger partial charge in [-0.05, 0) is 12.3 Å². The molecule has 81 valence electrons. The van der Waals surface area contributed by atoms with Crippen molar-refractivity contribution in [2.45, 2.75) is 12.5 Å². The van der Waals surface area contributed by atoms with Crippen LogP contribution in [0.5, 0.6) is 0 Å². The lowest BCUT2D eigenvalue weighted by Crippen LogP contribution is -1.99. The van der Waals surface area contributed by atoms with E-state index in [2.05, 4.69) is 11.2 Å². The molecule has 6 nitrogen and oxygen atoms in total. The molecule has 0 aromatic carbocycles. The first-order valence-corrected chi connectivity index (χ1v) is 3.78. The SMILES string of the molecule is C=CC1CC1N.CO[B]O.O=C(O)O. The molecule has 0 amide bonds. The first kappa shape index (κ1) is 15.4. The molecule has 0 aromatic rings. The summed E-state index contributed by atoms with van der Waals surface area (Å²) in [7, 11) is 2.00. The minimum Gasteiger partial charge on any atom is -0.450 e. The number of hydrogen-bond acceptors (Lipinski definition) is 4. The van der Waals surface area contributed by atoms with Gasteiger partial charge in [-0.1, -0.05) is 6.08 Å². The quantitative estimate of drug-likeness (QED) is 0.369. The summed E-state index contributed by atoms with van der Waals surface area (Å²) in [5.74, 6) is 0.644. The third-order valence-electron chi connectivity index (χ3n) is 1.30. The van der Waals surface area contributed by atoms with Gasteiger partial charge < -0.3 is 25.6 Å². The van der Waals surface area contributed by atoms with Crippen LogP contribution >= 0.6 is 0 Å². The molecule has 1 aliphatic carbocycles. The zero-order valence-corrected chi connectivity index (χ0v) is 7.96. The van der Waals surface area contributed by atoms with Crippen LogP contribution in [0.4, 0.5) is 4.79 Å². The molecule has 1 fully saturated rings. The van der Waals surface area contributed by atoms with Crippen LogP contribution in [0.3, 0.4) is 0 Å². The fraction of sp³-hybridized carbons (Fsp3) is 0.571. The first-order valence-electron chi connectivity index (χ1n) is 3.78. The summed E-state index contributed by atoms with van der Waals surface area (Å²) in [5, 5.41) is 21.5. The Morgan fingerprint density at radius 2 is 2.00 bits per heavy atom. The van der Waals surface area contributed by atoms with Crippen molar-refractivity contribution in [1.82, 2.24) is 0 Å². The van der Waals surface area contributed by atoms with E-state index < -0.39 is 6.16 Å². The molecule has 0 spiro atoms. The van der Waals surface area contributed by atoms with Crippen molar-refractivity contribution >= 4 is 13.8 Å². The largest absolute Gasteiger partial charge is 0.503 e. The van der Waals surface area contributed by atoms with Gasteiger partial charge in [-0.15, -0.1) is 6.58 Å². The van der Waals surface area contributed by atoms with Crippen LogP contribution in [0.2, 0.25) is 0 Å². The maximum atomic E-state index is 8.56. The summed E-state index contributed by atoms with van der Waals surface area (Å²) in [5.41, 5.74) is 5.41. The van der Waals surface area contributed by atoms with Crippen LogP contribution in [0.15, 0.2) is 12.7 Å². The molecule has 2 atom stereocenters. The number of nitrogens with two attached hydrogens (primary N) is 1. The highest BCUT2D eigenvalue weighted by Crippen LogP contribution is 2.27. The molecule has 7 heteroatoms. The van der Waals surface area contributed by atoms with E-state index in [1.54, 1.807) is 0 Å². The van der Waals surface area contributed by atoms with Crippen molar-refractivity contribution in [3.05, 3.63) is 12.7 Å². The second kappa shape index (κ2) is 10.0. The zero-order valence-electron chi connectivity index (χ0n) is 7.96. The van der Waals surface area contributed by atoms with E-state index in [0.717, 1.165) is 6.42 Å². The van der Waals surface area contributed by atoms with Crippen molar-refractivity contribution in [3.63, 3.8) is 0 Å². The third-order valence-corrected chi connectivity index (χ3v) is 1.30. The van der Waals surface area contributed by atoms with Gasteiger partial charge in [0.15, 0.2) is 0 Å². The highest BCUT2D eigenvalue weighted by Gasteiger charge is 2.29. The van der Waals surface area contributed by atoms with Gasteiger partial charge in [0, 0.05) is 13.2 Å². The topological polar surface area (TPSA) is 113 Å². The Morgan fingerprint density at radius 3 is 2.00 bits per heavy atom. The Morgan fingerprint density at radius 1 is 1.71 bits per heavy atom. The molecule has 1 aliphatic rings. The first-order chi connectivity index (χ1) is 6.49. The van der Waals surface area contributed by atoms with Crippen LogP contribution in [0, 0.1) is 5.92 Å². The standard InChI is InChI=1S/C5H9N.CH4BO2.CH2O3/c1-2-4-3-5(4)6;1-4-2-3;2-1(3)4/h2,4-5H,1,3,6H2;3H,1H3;(H2,2,3,4). The molecule has 1 radical (unpaired) electrons. The maximum absolute atomic E-state index is 8.56. The molecule has 1 rings (SSSR count). The van der Waals surface area contributed by atoms with Gasteiger partial charge >= 0.3 is 13.8 Å². The van der Waals surface area contributed by atoms with Crippen molar-refractivity contribution in [2.75, 3.05) is 7.11 Å². The van der Waals surface area contributed by atoms with E-state index in [1.165, 1.54) is 7.11 Å². The van der Waals surface area contributed by atoms with Crippen molar-refractivity contribution in [1.29, 1.82) is 0 Å². The predicted molar refractivity (Wildman–Crippen MR) is 51.9 cm³/mol. The third kappa shape index (κ3) is 17.2. The Labute approximate surface area is 83.3 Å². The lowest BCUT2D eigenvalue weighted by Gasteiger charge is -1.73. The Kier molecular flexibility index (Phi) is 11.1. The number of carboxylic acid groups (broad SMARTS) is 2. The van der Waals surface area contributed by atoms with E-state index >= 15 is 0 Å². The summed E-state index contributed by atoms with van der Waals surface area (Å²) in [6.45, 7) is 3.59. The molecule has 5 N–H and O–H groups in total. The summed E-state index contributed by atoms with van der Waals surface area (Å²) in [4.78, 5) is 8.56. The van der Waals surface area contributed by atoms with Crippen LogP contribution in [-0.4, -0.2) is 42.2 Å². The monoisotopic (exact) mass is 204 g/mol. The number of carbonyl (C=O) groups is 1. The second-order valence-electron chi connectivity index (χ2n) is 2.42. The lowest BCUT2D eigenvalue weighted by atomic mass is 10.4. The molecule has 1 saturated carbocycles. The fourth-order valence-electron chi connectivity index (χ4n) is 0.507. The van der Waals surface area contributed by atoms with Crippen molar-refractivity contribution in [3.8, 4) is 0 Å². The highest BCUT2D eigenvalue weighted by molar-refractivity contribution is 6.15. The molecular weight excluding hydrogens is 189 g/mol. The highest BCUT2D eigenvalue weighted by atomic mass is 16.6. The van der Waals surface area contributed by atoms with Gasteiger partial charge in [-0.3, -0.25) is 0 Å². The van der Waals surface area contributed by atoms with Gasteiger partial charge in [-0.2, -0.15) is 0 Å². The maximum Gasteiger partial charge on any atom is 0.503 e. The van der Waals surface area contributed by atoms with Gasteiger partial charge in [0.25, 0.3) is 0 Å². The molecule has 0 heterocycles. The fourth-order valence-corrected chi connectivity index (χ4v) is 0.507. The summed E-state index contributed by atoms with van der Waals surface area (Å²) in [6.07, 6.45) is 1.24. The molecule has 0 bridgehead atoms. The van der Waals surface area contributed by atoms with E-state index in [1.807, 2.05) is 6.08 Å². The van der Waals surface area contributed by atoms with E-state index in [4.69, 9.17) is 25.8 Å². The minimum absolute atomic E-state index is 0.447. The van der Waals surface area contributed by atoms with E-state index in [0.29, 0.717) is 19.6 Å². The smallest absolute Gasteiger partial charge is 0.450 e. The average molecular weight is 204 g/mol. The van der Waals surface area contributed by atoms with Gasteiger partial charge in [-0.25, -0.2) is 4.79 Å². The Bertz CT molecular complexity index is 160. The lowest BCUT2D eigenvalue weighted by molar-refractivity contribution is 0.137. The molecule has 0 aliphatic heterocycles. The van der Waals surface area contributed by atoms with E-state index in [9.17, 15) is 0 Å². The molecule has 14 heavy (non-hydrogen) atoms. The van der Waals surface area contributed by atoms with E-state index in [-0.39, 0.29) is 0 Å². The Hall–Kier alpha value is -1.05. The molecule has 0 aromatic heterocycles. The number of rotatable bonds is 2. The zero-order chi connectivity index (χ0) is 11.6. The van der Waals surface area contributed by atoms with Crippen LogP contribution in [0.1, 0.15) is 6.42 Å². The van der Waals surface area contributed by atoms with Crippen LogP contribution in [-0.2, 0) is 4.65 Å². The van der Waals surface area contributed by atoms with Crippen LogP contribution in [0.25, 0.3) is 0 Å². The van der Waals surface area contributed by atoms with Crippen molar-refractivity contribution in [2.24, 2.45) is 11.7 Å². The van der Waals surface area contributed by atoms with Crippen molar-refractivity contribution < 1.29 is 24.7 Å². The molecular formula is C7H15BNO5. The van der Waals surface area contributed by atoms with Gasteiger partial charge in [0.1, 0.15) is 0 Å². The Balaban J connectivity index is 0. The summed E-state index contributed by atoms with van der Waals surface area (Å²) >= 11 is 0. The molecule has 0 saturated heterocycles. The second-order valence-corrected chi connectivity index (χ2v) is 2.42. The average Bonchev–Trinajstić information content (AvgIpc) is 2.81. The molecule has 2 unspecified atom stereocenters. The van der Waals surface area contributed by atoms with Crippen LogP contribution < -0.4 is 5.73 Å². The summed E-state index contributed by atoms with van der Waals surface area (Å²) < 4.78 is 3.97. The minimum atomic E-state index is -1.83. The van der Waals surface area contributed by atoms with Gasteiger partial charge in [0.2, 0.25) is 0 Å². The number of hydrogen-bond donors (Lipinski definition) is 4.